The number of nitrogens with zero attached hydrogens (tertiary/aromatic N) is 1. The second-order valence-electron chi connectivity index (χ2n) is 4.91. The average Bonchev–Trinajstić information content (AvgIpc) is 2.47. The molecule has 1 unspecified atom stereocenters. The zero-order chi connectivity index (χ0) is 13.2. The summed E-state index contributed by atoms with van der Waals surface area (Å²) < 4.78 is 0. The summed E-state index contributed by atoms with van der Waals surface area (Å²) in [5, 5.41) is 9.26. The van der Waals surface area contributed by atoms with Gasteiger partial charge in [-0.1, -0.05) is 18.2 Å². The Morgan fingerprint density at radius 1 is 1.26 bits per heavy atom. The first-order valence-corrected chi connectivity index (χ1v) is 6.53. The Morgan fingerprint density at radius 2 is 2.16 bits per heavy atom. The molecule has 1 aliphatic carbocycles. The number of rotatable bonds is 2. The topological polar surface area (TPSA) is 50.2 Å². The summed E-state index contributed by atoms with van der Waals surface area (Å²) in [6, 6.07) is 11.8. The molecular weight excluding hydrogens is 238 g/mol. The van der Waals surface area contributed by atoms with Gasteiger partial charge < -0.3 is 5.11 Å². The van der Waals surface area contributed by atoms with E-state index in [2.05, 4.69) is 11.1 Å². The van der Waals surface area contributed by atoms with Crippen LogP contribution in [0.3, 0.4) is 0 Å². The van der Waals surface area contributed by atoms with Gasteiger partial charge in [-0.2, -0.15) is 0 Å². The molecule has 0 fully saturated rings. The molecule has 0 amide bonds. The van der Waals surface area contributed by atoms with Crippen LogP contribution in [0.5, 0.6) is 0 Å². The molecule has 1 N–H and O–H groups in total. The summed E-state index contributed by atoms with van der Waals surface area (Å²) >= 11 is 0. The molecule has 1 heterocycles. The number of hydrogen-bond acceptors (Lipinski definition) is 2. The van der Waals surface area contributed by atoms with E-state index in [1.165, 1.54) is 0 Å². The Balaban J connectivity index is 2.03. The summed E-state index contributed by atoms with van der Waals surface area (Å²) in [6.07, 6.45) is 4.41. The van der Waals surface area contributed by atoms with Crippen molar-refractivity contribution in [2.24, 2.45) is 0 Å². The minimum Gasteiger partial charge on any atom is -0.481 e. The number of aryl methyl sites for hydroxylation is 1. The SMILES string of the molecule is O=C(O)C1CCCc2cc(-c3ccccn3)ccc21. The van der Waals surface area contributed by atoms with E-state index in [1.807, 2.05) is 30.3 Å². The Bertz CT molecular complexity index is 607. The van der Waals surface area contributed by atoms with Gasteiger partial charge in [-0.05, 0) is 48.6 Å². The smallest absolute Gasteiger partial charge is 0.310 e. The Kier molecular flexibility index (Phi) is 3.03. The van der Waals surface area contributed by atoms with Crippen LogP contribution in [0.4, 0.5) is 0 Å². The van der Waals surface area contributed by atoms with E-state index < -0.39 is 5.97 Å². The highest BCUT2D eigenvalue weighted by molar-refractivity contribution is 5.77. The van der Waals surface area contributed by atoms with Gasteiger partial charge in [0.1, 0.15) is 0 Å². The summed E-state index contributed by atoms with van der Waals surface area (Å²) in [4.78, 5) is 15.6. The minimum absolute atomic E-state index is 0.346. The van der Waals surface area contributed by atoms with Crippen LogP contribution < -0.4 is 0 Å². The molecule has 2 aromatic rings. The van der Waals surface area contributed by atoms with Gasteiger partial charge in [0.05, 0.1) is 11.6 Å². The molecule has 0 saturated carbocycles. The van der Waals surface area contributed by atoms with Crippen molar-refractivity contribution in [3.05, 3.63) is 53.7 Å². The van der Waals surface area contributed by atoms with Crippen molar-refractivity contribution in [3.8, 4) is 11.3 Å². The number of hydrogen-bond donors (Lipinski definition) is 1. The normalized spacial score (nSPS) is 17.8. The first kappa shape index (κ1) is 11.9. The molecular formula is C16H15NO2. The maximum atomic E-state index is 11.3. The van der Waals surface area contributed by atoms with Crippen molar-refractivity contribution in [2.75, 3.05) is 0 Å². The van der Waals surface area contributed by atoms with Crippen LogP contribution in [0.1, 0.15) is 29.9 Å². The molecule has 1 aromatic carbocycles. The maximum absolute atomic E-state index is 11.3. The van der Waals surface area contributed by atoms with Gasteiger partial charge in [-0.15, -0.1) is 0 Å². The summed E-state index contributed by atoms with van der Waals surface area (Å²) in [5.41, 5.74) is 4.12. The van der Waals surface area contributed by atoms with Crippen molar-refractivity contribution in [2.45, 2.75) is 25.2 Å². The Morgan fingerprint density at radius 3 is 2.89 bits per heavy atom. The van der Waals surface area contributed by atoms with Crippen molar-refractivity contribution in [3.63, 3.8) is 0 Å². The van der Waals surface area contributed by atoms with E-state index in [0.29, 0.717) is 0 Å². The number of aliphatic carboxylic acids is 1. The van der Waals surface area contributed by atoms with Gasteiger partial charge in [-0.25, -0.2) is 0 Å². The predicted molar refractivity (Wildman–Crippen MR) is 73.0 cm³/mol. The highest BCUT2D eigenvalue weighted by Gasteiger charge is 2.26. The Hall–Kier alpha value is -2.16. The lowest BCUT2D eigenvalue weighted by molar-refractivity contribution is -0.139. The molecule has 0 saturated heterocycles. The third kappa shape index (κ3) is 2.24. The van der Waals surface area contributed by atoms with Gasteiger partial charge >= 0.3 is 5.97 Å². The average molecular weight is 253 g/mol. The number of carboxylic acids is 1. The van der Waals surface area contributed by atoms with Crippen LogP contribution in [-0.4, -0.2) is 16.1 Å². The van der Waals surface area contributed by atoms with E-state index in [-0.39, 0.29) is 5.92 Å². The summed E-state index contributed by atoms with van der Waals surface area (Å²) in [6.45, 7) is 0. The van der Waals surface area contributed by atoms with Crippen LogP contribution in [0, 0.1) is 0 Å². The van der Waals surface area contributed by atoms with E-state index in [4.69, 9.17) is 0 Å². The number of aromatic nitrogens is 1. The lowest BCUT2D eigenvalue weighted by Gasteiger charge is -2.22. The van der Waals surface area contributed by atoms with Crippen LogP contribution in [0.25, 0.3) is 11.3 Å². The fourth-order valence-electron chi connectivity index (χ4n) is 2.76. The molecule has 0 spiro atoms. The molecule has 3 heteroatoms. The third-order valence-corrected chi connectivity index (χ3v) is 3.72. The minimum atomic E-state index is -0.716. The molecule has 19 heavy (non-hydrogen) atoms. The summed E-state index contributed by atoms with van der Waals surface area (Å²) in [5.74, 6) is -1.06. The van der Waals surface area contributed by atoms with Crippen LogP contribution in [-0.2, 0) is 11.2 Å². The highest BCUT2D eigenvalue weighted by atomic mass is 16.4. The Labute approximate surface area is 111 Å². The molecule has 96 valence electrons. The highest BCUT2D eigenvalue weighted by Crippen LogP contribution is 2.34. The zero-order valence-corrected chi connectivity index (χ0v) is 10.5. The standard InChI is InChI=1S/C16H15NO2/c18-16(19)14-5-3-4-11-10-12(7-8-13(11)14)15-6-1-2-9-17-15/h1-2,6-10,14H,3-5H2,(H,18,19). The number of benzene rings is 1. The van der Waals surface area contributed by atoms with Gasteiger partial charge in [0, 0.05) is 11.8 Å². The zero-order valence-electron chi connectivity index (χ0n) is 10.5. The van der Waals surface area contributed by atoms with E-state index in [0.717, 1.165) is 41.6 Å². The van der Waals surface area contributed by atoms with Crippen LogP contribution >= 0.6 is 0 Å². The fraction of sp³-hybridized carbons (Fsp3) is 0.250. The fourth-order valence-corrected chi connectivity index (χ4v) is 2.76. The van der Waals surface area contributed by atoms with Crippen LogP contribution in [0.2, 0.25) is 0 Å². The largest absolute Gasteiger partial charge is 0.481 e. The third-order valence-electron chi connectivity index (χ3n) is 3.72. The molecule has 3 nitrogen and oxygen atoms in total. The van der Waals surface area contributed by atoms with E-state index >= 15 is 0 Å². The van der Waals surface area contributed by atoms with Crippen LogP contribution in [0.15, 0.2) is 42.6 Å². The van der Waals surface area contributed by atoms with Crippen molar-refractivity contribution in [1.82, 2.24) is 4.98 Å². The maximum Gasteiger partial charge on any atom is 0.310 e. The molecule has 0 bridgehead atoms. The molecule has 1 aliphatic rings. The molecule has 1 aromatic heterocycles. The quantitative estimate of drug-likeness (QED) is 0.893. The van der Waals surface area contributed by atoms with Gasteiger partial charge in [-0.3, -0.25) is 9.78 Å². The first-order chi connectivity index (χ1) is 9.25. The lowest BCUT2D eigenvalue weighted by atomic mass is 9.82. The van der Waals surface area contributed by atoms with Gasteiger partial charge in [0.2, 0.25) is 0 Å². The number of carbonyl (C=O) groups is 1. The van der Waals surface area contributed by atoms with E-state index in [1.54, 1.807) is 6.20 Å². The van der Waals surface area contributed by atoms with Gasteiger partial charge in [0.25, 0.3) is 0 Å². The molecule has 3 rings (SSSR count). The molecule has 0 aliphatic heterocycles. The second kappa shape index (κ2) is 4.84. The van der Waals surface area contributed by atoms with Crippen molar-refractivity contribution < 1.29 is 9.90 Å². The number of pyridine rings is 1. The predicted octanol–water partition coefficient (Wildman–Crippen LogP) is 3.25. The second-order valence-corrected chi connectivity index (χ2v) is 4.91. The molecule has 1 atom stereocenters. The molecule has 0 radical (unpaired) electrons. The number of fused-ring (bicyclic) bond motifs is 1. The van der Waals surface area contributed by atoms with Crippen molar-refractivity contribution in [1.29, 1.82) is 0 Å². The number of carboxylic acid groups (broad SMARTS) is 1. The lowest BCUT2D eigenvalue weighted by Crippen LogP contribution is -2.17. The van der Waals surface area contributed by atoms with E-state index in [9.17, 15) is 9.90 Å². The monoisotopic (exact) mass is 253 g/mol. The van der Waals surface area contributed by atoms with Crippen molar-refractivity contribution >= 4 is 5.97 Å². The summed E-state index contributed by atoms with van der Waals surface area (Å²) in [7, 11) is 0. The van der Waals surface area contributed by atoms with Gasteiger partial charge in [0.15, 0.2) is 0 Å². The first-order valence-electron chi connectivity index (χ1n) is 6.53.